The van der Waals surface area contributed by atoms with Crippen LogP contribution in [0, 0.1) is 12.7 Å². The van der Waals surface area contributed by atoms with Gasteiger partial charge in [-0.3, -0.25) is 4.40 Å². The Morgan fingerprint density at radius 3 is 2.79 bits per heavy atom. The Balaban J connectivity index is 2.31. The summed E-state index contributed by atoms with van der Waals surface area (Å²) < 4.78 is 15.7. The molecule has 19 heavy (non-hydrogen) atoms. The summed E-state index contributed by atoms with van der Waals surface area (Å²) in [6.45, 7) is 1.93. The molecule has 2 N–H and O–H groups in total. The van der Waals surface area contributed by atoms with Crippen LogP contribution in [0.1, 0.15) is 5.56 Å². The van der Waals surface area contributed by atoms with Crippen LogP contribution in [0.3, 0.4) is 0 Å². The predicted octanol–water partition coefficient (Wildman–Crippen LogP) is 3.68. The number of fused-ring (bicyclic) bond motifs is 1. The van der Waals surface area contributed by atoms with Gasteiger partial charge in [0.2, 0.25) is 0 Å². The molecular formula is C14H11ClFN3. The average Bonchev–Trinajstić information content (AvgIpc) is 2.69. The van der Waals surface area contributed by atoms with Gasteiger partial charge in [0.15, 0.2) is 0 Å². The molecule has 0 aliphatic heterocycles. The molecule has 0 amide bonds. The molecule has 0 bridgehead atoms. The van der Waals surface area contributed by atoms with Crippen molar-refractivity contribution in [1.82, 2.24) is 9.38 Å². The first-order chi connectivity index (χ1) is 9.08. The molecule has 0 saturated carbocycles. The molecule has 0 spiro atoms. The standard InChI is InChI=1S/C14H11ClFN3/c1-8-3-2-6-19-13(17)12(18-14(8)19)10-5-4-9(15)7-11(10)16/h2-7H,17H2,1H3. The van der Waals surface area contributed by atoms with Crippen LogP contribution in [0.25, 0.3) is 16.9 Å². The number of anilines is 1. The molecule has 96 valence electrons. The van der Waals surface area contributed by atoms with Gasteiger partial charge in [0.05, 0.1) is 0 Å². The number of pyridine rings is 1. The molecule has 3 nitrogen and oxygen atoms in total. The number of aryl methyl sites for hydroxylation is 1. The molecule has 0 fully saturated rings. The first-order valence-corrected chi connectivity index (χ1v) is 6.14. The molecule has 0 unspecified atom stereocenters. The number of nitrogens with zero attached hydrogens (tertiary/aromatic N) is 2. The number of nitrogens with two attached hydrogens (primary N) is 1. The van der Waals surface area contributed by atoms with Crippen LogP contribution in [-0.4, -0.2) is 9.38 Å². The van der Waals surface area contributed by atoms with Gasteiger partial charge < -0.3 is 5.73 Å². The fourth-order valence-corrected chi connectivity index (χ4v) is 2.26. The Kier molecular flexibility index (Phi) is 2.68. The Hall–Kier alpha value is -2.07. The van der Waals surface area contributed by atoms with E-state index in [4.69, 9.17) is 17.3 Å². The number of nitrogen functional groups attached to an aromatic ring is 1. The lowest BCUT2D eigenvalue weighted by molar-refractivity contribution is 0.631. The van der Waals surface area contributed by atoms with E-state index in [0.717, 1.165) is 11.2 Å². The van der Waals surface area contributed by atoms with E-state index in [-0.39, 0.29) is 0 Å². The monoisotopic (exact) mass is 275 g/mol. The molecule has 0 saturated heterocycles. The van der Waals surface area contributed by atoms with E-state index in [9.17, 15) is 4.39 Å². The molecule has 3 aromatic rings. The third-order valence-electron chi connectivity index (χ3n) is 3.07. The highest BCUT2D eigenvalue weighted by atomic mass is 35.5. The highest BCUT2D eigenvalue weighted by Gasteiger charge is 2.15. The second kappa shape index (κ2) is 4.24. The third-order valence-corrected chi connectivity index (χ3v) is 3.30. The number of hydrogen-bond donors (Lipinski definition) is 1. The topological polar surface area (TPSA) is 43.3 Å². The summed E-state index contributed by atoms with van der Waals surface area (Å²) in [7, 11) is 0. The molecule has 1 aromatic carbocycles. The highest BCUT2D eigenvalue weighted by Crippen LogP contribution is 2.30. The fourth-order valence-electron chi connectivity index (χ4n) is 2.10. The highest BCUT2D eigenvalue weighted by molar-refractivity contribution is 6.30. The van der Waals surface area contributed by atoms with Crippen LogP contribution >= 0.6 is 11.6 Å². The van der Waals surface area contributed by atoms with Gasteiger partial charge in [0.25, 0.3) is 0 Å². The van der Waals surface area contributed by atoms with Crippen molar-refractivity contribution in [3.63, 3.8) is 0 Å². The molecule has 3 rings (SSSR count). The van der Waals surface area contributed by atoms with E-state index in [1.807, 2.05) is 25.3 Å². The van der Waals surface area contributed by atoms with Gasteiger partial charge in [-0.25, -0.2) is 9.37 Å². The van der Waals surface area contributed by atoms with E-state index in [0.29, 0.717) is 22.1 Å². The molecule has 2 heterocycles. The van der Waals surface area contributed by atoms with Gasteiger partial charge in [-0.05, 0) is 36.8 Å². The van der Waals surface area contributed by atoms with Crippen molar-refractivity contribution in [2.45, 2.75) is 6.92 Å². The number of aromatic nitrogens is 2. The summed E-state index contributed by atoms with van der Waals surface area (Å²) in [5.41, 5.74) is 8.54. The van der Waals surface area contributed by atoms with Crippen LogP contribution in [0.5, 0.6) is 0 Å². The predicted molar refractivity (Wildman–Crippen MR) is 74.7 cm³/mol. The maximum absolute atomic E-state index is 14.0. The maximum atomic E-state index is 14.0. The molecule has 0 radical (unpaired) electrons. The van der Waals surface area contributed by atoms with Crippen molar-refractivity contribution in [1.29, 1.82) is 0 Å². The lowest BCUT2D eigenvalue weighted by Crippen LogP contribution is -1.95. The third kappa shape index (κ3) is 1.85. The second-order valence-electron chi connectivity index (χ2n) is 4.35. The Morgan fingerprint density at radius 1 is 1.32 bits per heavy atom. The first-order valence-electron chi connectivity index (χ1n) is 5.76. The van der Waals surface area contributed by atoms with Gasteiger partial charge in [-0.1, -0.05) is 17.7 Å². The number of hydrogen-bond acceptors (Lipinski definition) is 2. The summed E-state index contributed by atoms with van der Waals surface area (Å²) in [6, 6.07) is 8.28. The lowest BCUT2D eigenvalue weighted by Gasteiger charge is -2.01. The van der Waals surface area contributed by atoms with Crippen LogP contribution in [-0.2, 0) is 0 Å². The van der Waals surface area contributed by atoms with Gasteiger partial charge in [0.1, 0.15) is 23.0 Å². The van der Waals surface area contributed by atoms with E-state index < -0.39 is 5.82 Å². The molecule has 5 heteroatoms. The van der Waals surface area contributed by atoms with E-state index in [1.54, 1.807) is 16.5 Å². The minimum atomic E-state index is -0.430. The minimum Gasteiger partial charge on any atom is -0.383 e. The summed E-state index contributed by atoms with van der Waals surface area (Å²) >= 11 is 5.75. The van der Waals surface area contributed by atoms with Crippen molar-refractivity contribution >= 4 is 23.1 Å². The van der Waals surface area contributed by atoms with E-state index in [2.05, 4.69) is 4.98 Å². The van der Waals surface area contributed by atoms with Gasteiger partial charge in [0, 0.05) is 16.8 Å². The van der Waals surface area contributed by atoms with Crippen molar-refractivity contribution in [3.05, 3.63) is 52.9 Å². The summed E-state index contributed by atoms with van der Waals surface area (Å²) in [4.78, 5) is 4.43. The quantitative estimate of drug-likeness (QED) is 0.736. The van der Waals surface area contributed by atoms with Gasteiger partial charge in [-0.15, -0.1) is 0 Å². The first kappa shape index (κ1) is 12.0. The molecular weight excluding hydrogens is 265 g/mol. The SMILES string of the molecule is Cc1cccn2c(N)c(-c3ccc(Cl)cc3F)nc12. The summed E-state index contributed by atoms with van der Waals surface area (Å²) in [5, 5.41) is 0.347. The van der Waals surface area contributed by atoms with Crippen molar-refractivity contribution in [2.75, 3.05) is 5.73 Å². The van der Waals surface area contributed by atoms with Crippen LogP contribution in [0.15, 0.2) is 36.5 Å². The second-order valence-corrected chi connectivity index (χ2v) is 4.79. The molecule has 0 aliphatic carbocycles. The van der Waals surface area contributed by atoms with E-state index >= 15 is 0 Å². The van der Waals surface area contributed by atoms with Gasteiger partial charge in [-0.2, -0.15) is 0 Å². The lowest BCUT2D eigenvalue weighted by atomic mass is 10.1. The number of benzene rings is 1. The molecule has 2 aromatic heterocycles. The van der Waals surface area contributed by atoms with Crippen molar-refractivity contribution < 1.29 is 4.39 Å². The summed E-state index contributed by atoms with van der Waals surface area (Å²) in [6.07, 6.45) is 1.81. The normalized spacial score (nSPS) is 11.1. The minimum absolute atomic E-state index is 0.347. The van der Waals surface area contributed by atoms with Crippen LogP contribution in [0.4, 0.5) is 10.2 Å². The smallest absolute Gasteiger partial charge is 0.142 e. The zero-order valence-corrected chi connectivity index (χ0v) is 10.9. The van der Waals surface area contributed by atoms with Crippen LogP contribution in [0.2, 0.25) is 5.02 Å². The van der Waals surface area contributed by atoms with Crippen molar-refractivity contribution in [3.8, 4) is 11.3 Å². The average molecular weight is 276 g/mol. The number of halogens is 2. The zero-order chi connectivity index (χ0) is 13.6. The fraction of sp³-hybridized carbons (Fsp3) is 0.0714. The summed E-state index contributed by atoms with van der Waals surface area (Å²) in [5.74, 6) is -0.0137. The van der Waals surface area contributed by atoms with Gasteiger partial charge >= 0.3 is 0 Å². The van der Waals surface area contributed by atoms with Crippen molar-refractivity contribution in [2.24, 2.45) is 0 Å². The number of rotatable bonds is 1. The molecule has 0 aliphatic rings. The zero-order valence-electron chi connectivity index (χ0n) is 10.2. The Labute approximate surface area is 114 Å². The Morgan fingerprint density at radius 2 is 2.11 bits per heavy atom. The maximum Gasteiger partial charge on any atom is 0.142 e. The largest absolute Gasteiger partial charge is 0.383 e. The van der Waals surface area contributed by atoms with E-state index in [1.165, 1.54) is 6.07 Å². The Bertz CT molecular complexity index is 780. The molecule has 0 atom stereocenters. The van der Waals surface area contributed by atoms with Crippen LogP contribution < -0.4 is 5.73 Å². The number of imidazole rings is 1.